The lowest BCUT2D eigenvalue weighted by Crippen LogP contribution is -1.93. The van der Waals surface area contributed by atoms with Gasteiger partial charge in [0.1, 0.15) is 0 Å². The maximum Gasteiger partial charge on any atom is 0.153 e. The Kier molecular flexibility index (Phi) is 2.74. The van der Waals surface area contributed by atoms with Crippen LogP contribution in [0.4, 0.5) is 0 Å². The summed E-state index contributed by atoms with van der Waals surface area (Å²) in [7, 11) is 0. The molecule has 1 aromatic rings. The van der Waals surface area contributed by atoms with Gasteiger partial charge in [-0.1, -0.05) is 0 Å². The van der Waals surface area contributed by atoms with Crippen LogP contribution in [0.3, 0.4) is 0 Å². The van der Waals surface area contributed by atoms with Crippen molar-refractivity contribution in [1.29, 1.82) is 0 Å². The number of halogens is 2. The van der Waals surface area contributed by atoms with Crippen LogP contribution in [0.2, 0.25) is 0 Å². The average Bonchev–Trinajstić information content (AvgIpc) is 2.14. The van der Waals surface area contributed by atoms with Crippen LogP contribution < -0.4 is 0 Å². The fourth-order valence-electron chi connectivity index (χ4n) is 0.540. The summed E-state index contributed by atoms with van der Waals surface area (Å²) in [4.78, 5) is 0. The lowest BCUT2D eigenvalue weighted by Gasteiger charge is -1.98. The topological polar surface area (TPSA) is 17.8 Å². The molecule has 0 fully saturated rings. The Morgan fingerprint density at radius 2 is 2.33 bits per heavy atom. The summed E-state index contributed by atoms with van der Waals surface area (Å²) >= 11 is 4.62. The predicted molar refractivity (Wildman–Crippen MR) is 54.0 cm³/mol. The highest BCUT2D eigenvalue weighted by atomic mass is 127. The number of nitrogens with zero attached hydrogens (tertiary/aromatic N) is 2. The highest BCUT2D eigenvalue weighted by molar-refractivity contribution is 14.2. The summed E-state index contributed by atoms with van der Waals surface area (Å²) in [5.41, 5.74) is 1.22. The molecule has 0 N–H and O–H groups in total. The van der Waals surface area contributed by atoms with E-state index < -0.39 is 0 Å². The van der Waals surface area contributed by atoms with Crippen LogP contribution in [0.15, 0.2) is 12.4 Å². The first-order valence-corrected chi connectivity index (χ1v) is 4.98. The molecule has 0 bridgehead atoms. The Labute approximate surface area is 81.3 Å². The van der Waals surface area contributed by atoms with E-state index >= 15 is 0 Å². The standard InChI is InChI=1S/C5H6I2N2/c1-4-2-8-9(3-4)5(6)7/h2-3,5H,1H3. The number of hydrogen-bond donors (Lipinski definition) is 0. The molecule has 1 aromatic heterocycles. The molecule has 0 amide bonds. The summed E-state index contributed by atoms with van der Waals surface area (Å²) in [5.74, 6) is 0. The third-order valence-electron chi connectivity index (χ3n) is 0.931. The summed E-state index contributed by atoms with van der Waals surface area (Å²) in [6.45, 7) is 2.04. The monoisotopic (exact) mass is 348 g/mol. The van der Waals surface area contributed by atoms with Gasteiger partial charge in [-0.3, -0.25) is 0 Å². The second kappa shape index (κ2) is 3.18. The lowest BCUT2D eigenvalue weighted by atomic mass is 10.4. The molecule has 9 heavy (non-hydrogen) atoms. The van der Waals surface area contributed by atoms with E-state index in [1.165, 1.54) is 5.56 Å². The molecular weight excluding hydrogens is 342 g/mol. The first kappa shape index (κ1) is 7.77. The van der Waals surface area contributed by atoms with Crippen LogP contribution in [0.5, 0.6) is 0 Å². The molecule has 0 aliphatic carbocycles. The molecule has 0 unspecified atom stereocenters. The summed E-state index contributed by atoms with van der Waals surface area (Å²) < 4.78 is 2.35. The molecule has 0 aromatic carbocycles. The molecule has 0 saturated carbocycles. The maximum absolute atomic E-state index is 4.12. The van der Waals surface area contributed by atoms with Crippen LogP contribution in [0, 0.1) is 6.92 Å². The Morgan fingerprint density at radius 1 is 1.67 bits per heavy atom. The van der Waals surface area contributed by atoms with Crippen molar-refractivity contribution in [2.45, 2.75) is 8.98 Å². The smallest absolute Gasteiger partial charge is 0.153 e. The highest BCUT2D eigenvalue weighted by Gasteiger charge is 1.99. The lowest BCUT2D eigenvalue weighted by molar-refractivity contribution is 0.771. The van der Waals surface area contributed by atoms with Gasteiger partial charge in [0, 0.05) is 6.20 Å². The van der Waals surface area contributed by atoms with E-state index in [9.17, 15) is 0 Å². The minimum Gasteiger partial charge on any atom is -0.250 e. The Morgan fingerprint density at radius 3 is 2.56 bits per heavy atom. The molecule has 2 nitrogen and oxygen atoms in total. The quantitative estimate of drug-likeness (QED) is 0.564. The number of aromatic nitrogens is 2. The van der Waals surface area contributed by atoms with E-state index in [4.69, 9.17) is 0 Å². The fraction of sp³-hybridized carbons (Fsp3) is 0.400. The molecule has 0 radical (unpaired) electrons. The normalized spacial score (nSPS) is 10.7. The van der Waals surface area contributed by atoms with Crippen molar-refractivity contribution >= 4 is 45.2 Å². The van der Waals surface area contributed by atoms with Crippen LogP contribution in [-0.4, -0.2) is 9.78 Å². The van der Waals surface area contributed by atoms with Gasteiger partial charge in [-0.2, -0.15) is 5.10 Å². The van der Waals surface area contributed by atoms with Gasteiger partial charge >= 0.3 is 0 Å². The Hall–Kier alpha value is 0.670. The van der Waals surface area contributed by atoms with E-state index in [-0.39, 0.29) is 0 Å². The summed E-state index contributed by atoms with van der Waals surface area (Å²) in [5, 5.41) is 4.12. The predicted octanol–water partition coefficient (Wildman–Crippen LogP) is 2.52. The van der Waals surface area contributed by atoms with Crippen LogP contribution >= 0.6 is 45.2 Å². The van der Waals surface area contributed by atoms with E-state index in [1.54, 1.807) is 0 Å². The van der Waals surface area contributed by atoms with Gasteiger partial charge < -0.3 is 0 Å². The van der Waals surface area contributed by atoms with Crippen LogP contribution in [0.1, 0.15) is 7.62 Å². The van der Waals surface area contributed by atoms with Gasteiger partial charge in [0.2, 0.25) is 0 Å². The minimum absolute atomic E-state index is 0.425. The number of alkyl halides is 2. The van der Waals surface area contributed by atoms with E-state index in [0.717, 1.165) is 0 Å². The number of hydrogen-bond acceptors (Lipinski definition) is 1. The van der Waals surface area contributed by atoms with E-state index in [0.29, 0.717) is 2.06 Å². The van der Waals surface area contributed by atoms with Gasteiger partial charge in [0.25, 0.3) is 0 Å². The Balaban J connectivity index is 2.85. The van der Waals surface area contributed by atoms with Crippen molar-refractivity contribution in [2.75, 3.05) is 0 Å². The van der Waals surface area contributed by atoms with Crippen molar-refractivity contribution in [1.82, 2.24) is 9.78 Å². The second-order valence-electron chi connectivity index (χ2n) is 1.78. The van der Waals surface area contributed by atoms with Crippen LogP contribution in [0.25, 0.3) is 0 Å². The molecule has 1 rings (SSSR count). The van der Waals surface area contributed by atoms with Crippen molar-refractivity contribution in [2.24, 2.45) is 0 Å². The van der Waals surface area contributed by atoms with Gasteiger partial charge in [0.05, 0.1) is 6.20 Å². The average molecular weight is 348 g/mol. The zero-order valence-corrected chi connectivity index (χ0v) is 9.20. The first-order valence-electron chi connectivity index (χ1n) is 2.49. The van der Waals surface area contributed by atoms with E-state index in [1.807, 2.05) is 24.0 Å². The molecule has 50 valence electrons. The first-order chi connectivity index (χ1) is 4.20. The van der Waals surface area contributed by atoms with Gasteiger partial charge in [-0.15, -0.1) is 0 Å². The molecule has 0 atom stereocenters. The second-order valence-corrected chi connectivity index (χ2v) is 6.52. The van der Waals surface area contributed by atoms with Crippen molar-refractivity contribution in [3.8, 4) is 0 Å². The number of rotatable bonds is 1. The highest BCUT2D eigenvalue weighted by Crippen LogP contribution is 2.22. The summed E-state index contributed by atoms with van der Waals surface area (Å²) in [6, 6.07) is 0. The van der Waals surface area contributed by atoms with Crippen molar-refractivity contribution < 1.29 is 0 Å². The largest absolute Gasteiger partial charge is 0.250 e. The molecule has 0 spiro atoms. The fourth-order valence-corrected chi connectivity index (χ4v) is 1.15. The number of aryl methyl sites for hydroxylation is 1. The van der Waals surface area contributed by atoms with E-state index in [2.05, 4.69) is 50.3 Å². The Bertz CT molecular complexity index is 195. The SMILES string of the molecule is Cc1cnn(C(I)I)c1. The molecule has 1 heterocycles. The van der Waals surface area contributed by atoms with Gasteiger partial charge in [0.15, 0.2) is 2.06 Å². The maximum atomic E-state index is 4.12. The molecule has 4 heteroatoms. The minimum atomic E-state index is 0.425. The molecule has 0 aliphatic heterocycles. The third kappa shape index (κ3) is 2.06. The molecular formula is C5H6I2N2. The van der Waals surface area contributed by atoms with Crippen molar-refractivity contribution in [3.05, 3.63) is 18.0 Å². The molecule has 0 aliphatic rings. The van der Waals surface area contributed by atoms with Gasteiger partial charge in [-0.05, 0) is 57.7 Å². The van der Waals surface area contributed by atoms with Crippen molar-refractivity contribution in [3.63, 3.8) is 0 Å². The summed E-state index contributed by atoms with van der Waals surface area (Å²) in [6.07, 6.45) is 3.90. The third-order valence-corrected chi connectivity index (χ3v) is 2.07. The molecule has 0 saturated heterocycles. The van der Waals surface area contributed by atoms with Gasteiger partial charge in [-0.25, -0.2) is 4.68 Å². The van der Waals surface area contributed by atoms with Crippen LogP contribution in [-0.2, 0) is 0 Å². The zero-order valence-electron chi connectivity index (χ0n) is 4.88. The zero-order chi connectivity index (χ0) is 6.85.